The summed E-state index contributed by atoms with van der Waals surface area (Å²) >= 11 is 0. The molecule has 2 aromatic carbocycles. The highest BCUT2D eigenvalue weighted by atomic mass is 16.3. The molecule has 1 N–H and O–H groups in total. The summed E-state index contributed by atoms with van der Waals surface area (Å²) in [4.78, 5) is 31.2. The van der Waals surface area contributed by atoms with Gasteiger partial charge in [-0.25, -0.2) is 4.98 Å². The number of anilines is 1. The van der Waals surface area contributed by atoms with Crippen LogP contribution >= 0.6 is 0 Å². The van der Waals surface area contributed by atoms with Crippen molar-refractivity contribution in [3.8, 4) is 11.5 Å². The number of oxazole rings is 1. The normalized spacial score (nSPS) is 16.7. The predicted octanol–water partition coefficient (Wildman–Crippen LogP) is 4.08. The van der Waals surface area contributed by atoms with Crippen LogP contribution in [-0.2, 0) is 9.59 Å². The minimum atomic E-state index is -0.397. The lowest BCUT2D eigenvalue weighted by molar-refractivity contribution is -0.139. The van der Waals surface area contributed by atoms with Gasteiger partial charge in [0.1, 0.15) is 11.6 Å². The molecule has 0 aliphatic carbocycles. The van der Waals surface area contributed by atoms with Gasteiger partial charge in [0.15, 0.2) is 5.58 Å². The number of nitrogens with one attached hydrogen (secondary N) is 1. The smallest absolute Gasteiger partial charge is 0.247 e. The number of hydrogen-bond donors (Lipinski definition) is 1. The van der Waals surface area contributed by atoms with Gasteiger partial charge in [-0.15, -0.1) is 0 Å². The maximum Gasteiger partial charge on any atom is 0.247 e. The zero-order valence-corrected chi connectivity index (χ0v) is 16.0. The number of hydrogen-bond acceptors (Lipinski definition) is 4. The number of rotatable bonds is 4. The second-order valence-corrected chi connectivity index (χ2v) is 7.40. The first-order valence-corrected chi connectivity index (χ1v) is 9.60. The molecule has 28 heavy (non-hydrogen) atoms. The third-order valence-electron chi connectivity index (χ3n) is 5.03. The first-order valence-electron chi connectivity index (χ1n) is 9.60. The third kappa shape index (κ3) is 3.50. The number of likely N-dealkylation sites (tertiary alicyclic amines) is 1. The van der Waals surface area contributed by atoms with Crippen LogP contribution in [0.25, 0.3) is 22.6 Å². The van der Waals surface area contributed by atoms with E-state index >= 15 is 0 Å². The molecular formula is C22H23N3O3. The lowest BCUT2D eigenvalue weighted by Gasteiger charge is -2.25. The largest absolute Gasteiger partial charge is 0.436 e. The molecule has 4 rings (SSSR count). The summed E-state index contributed by atoms with van der Waals surface area (Å²) in [5, 5.41) is 2.93. The third-order valence-corrected chi connectivity index (χ3v) is 5.03. The fourth-order valence-corrected chi connectivity index (χ4v) is 3.55. The minimum Gasteiger partial charge on any atom is -0.436 e. The van der Waals surface area contributed by atoms with Crippen LogP contribution < -0.4 is 5.32 Å². The second-order valence-electron chi connectivity index (χ2n) is 7.40. The molecular weight excluding hydrogens is 354 g/mol. The lowest BCUT2D eigenvalue weighted by atomic mass is 10.1. The SMILES string of the molecule is CC(C)C(=O)N1CCCC1C(=O)Nc1ccc(-c2nc3ccccc3o2)cc1. The Balaban J connectivity index is 1.47. The number of amides is 2. The Hall–Kier alpha value is -3.15. The lowest BCUT2D eigenvalue weighted by Crippen LogP contribution is -2.44. The molecule has 1 aliphatic rings. The van der Waals surface area contributed by atoms with E-state index in [9.17, 15) is 9.59 Å². The molecule has 1 aromatic heterocycles. The fourth-order valence-electron chi connectivity index (χ4n) is 3.55. The van der Waals surface area contributed by atoms with Crippen LogP contribution in [0.15, 0.2) is 52.9 Å². The summed E-state index contributed by atoms with van der Waals surface area (Å²) in [5.74, 6) is 0.331. The van der Waals surface area contributed by atoms with Gasteiger partial charge >= 0.3 is 0 Å². The zero-order valence-electron chi connectivity index (χ0n) is 16.0. The Kier molecular flexibility index (Phi) is 4.86. The molecule has 0 spiro atoms. The van der Waals surface area contributed by atoms with Crippen LogP contribution in [0.1, 0.15) is 26.7 Å². The van der Waals surface area contributed by atoms with Crippen LogP contribution in [0, 0.1) is 5.92 Å². The Morgan fingerprint density at radius 1 is 1.14 bits per heavy atom. The van der Waals surface area contributed by atoms with Crippen molar-refractivity contribution in [1.82, 2.24) is 9.88 Å². The topological polar surface area (TPSA) is 75.4 Å². The van der Waals surface area contributed by atoms with E-state index in [4.69, 9.17) is 4.42 Å². The van der Waals surface area contributed by atoms with Crippen molar-refractivity contribution >= 4 is 28.6 Å². The number of para-hydroxylation sites is 2. The fraction of sp³-hybridized carbons (Fsp3) is 0.318. The Morgan fingerprint density at radius 3 is 2.61 bits per heavy atom. The Bertz CT molecular complexity index is 974. The van der Waals surface area contributed by atoms with E-state index in [1.54, 1.807) is 4.90 Å². The van der Waals surface area contributed by atoms with Crippen molar-refractivity contribution in [3.63, 3.8) is 0 Å². The van der Waals surface area contributed by atoms with Crippen molar-refractivity contribution in [2.45, 2.75) is 32.7 Å². The average molecular weight is 377 g/mol. The number of fused-ring (bicyclic) bond motifs is 1. The minimum absolute atomic E-state index is 0.0314. The van der Waals surface area contributed by atoms with Crippen LogP contribution in [-0.4, -0.2) is 34.3 Å². The highest BCUT2D eigenvalue weighted by Crippen LogP contribution is 2.26. The van der Waals surface area contributed by atoms with E-state index in [0.29, 0.717) is 24.5 Å². The van der Waals surface area contributed by atoms with Gasteiger partial charge in [0, 0.05) is 23.7 Å². The van der Waals surface area contributed by atoms with Gasteiger partial charge in [-0.3, -0.25) is 9.59 Å². The summed E-state index contributed by atoms with van der Waals surface area (Å²) in [6.07, 6.45) is 1.55. The maximum absolute atomic E-state index is 12.7. The molecule has 6 nitrogen and oxygen atoms in total. The molecule has 144 valence electrons. The average Bonchev–Trinajstić information content (AvgIpc) is 3.35. The van der Waals surface area contributed by atoms with Gasteiger partial charge in [0.2, 0.25) is 17.7 Å². The van der Waals surface area contributed by atoms with Gasteiger partial charge < -0.3 is 14.6 Å². The van der Waals surface area contributed by atoms with E-state index in [1.807, 2.05) is 62.4 Å². The van der Waals surface area contributed by atoms with E-state index in [0.717, 1.165) is 23.1 Å². The molecule has 0 bridgehead atoms. The Labute approximate surface area is 163 Å². The number of benzene rings is 2. The molecule has 1 aliphatic heterocycles. The van der Waals surface area contributed by atoms with E-state index in [-0.39, 0.29) is 17.7 Å². The van der Waals surface area contributed by atoms with E-state index in [1.165, 1.54) is 0 Å². The first-order chi connectivity index (χ1) is 13.5. The number of aromatic nitrogens is 1. The number of carbonyl (C=O) groups is 2. The quantitative estimate of drug-likeness (QED) is 0.743. The van der Waals surface area contributed by atoms with Crippen molar-refractivity contribution < 1.29 is 14.0 Å². The van der Waals surface area contributed by atoms with Crippen LogP contribution in [0.4, 0.5) is 5.69 Å². The number of carbonyl (C=O) groups excluding carboxylic acids is 2. The molecule has 0 radical (unpaired) electrons. The molecule has 6 heteroatoms. The highest BCUT2D eigenvalue weighted by Gasteiger charge is 2.34. The standard InChI is InChI=1S/C22H23N3O3/c1-14(2)22(27)25-13-5-7-18(25)20(26)23-16-11-9-15(10-12-16)21-24-17-6-3-4-8-19(17)28-21/h3-4,6,8-12,14,18H,5,7,13H2,1-2H3,(H,23,26). The summed E-state index contributed by atoms with van der Waals surface area (Å²) in [5.41, 5.74) is 3.08. The molecule has 1 fully saturated rings. The number of nitrogens with zero attached hydrogens (tertiary/aromatic N) is 2. The molecule has 2 heterocycles. The van der Waals surface area contributed by atoms with Crippen LogP contribution in [0.5, 0.6) is 0 Å². The van der Waals surface area contributed by atoms with Gasteiger partial charge in [0.25, 0.3) is 0 Å². The summed E-state index contributed by atoms with van der Waals surface area (Å²) in [6.45, 7) is 4.37. The summed E-state index contributed by atoms with van der Waals surface area (Å²) in [7, 11) is 0. The molecule has 1 unspecified atom stereocenters. The highest BCUT2D eigenvalue weighted by molar-refractivity contribution is 5.97. The molecule has 0 saturated carbocycles. The van der Waals surface area contributed by atoms with Crippen molar-refractivity contribution in [1.29, 1.82) is 0 Å². The van der Waals surface area contributed by atoms with Gasteiger partial charge in [0.05, 0.1) is 0 Å². The molecule has 3 aromatic rings. The van der Waals surface area contributed by atoms with Crippen LogP contribution in [0.2, 0.25) is 0 Å². The monoisotopic (exact) mass is 377 g/mol. The van der Waals surface area contributed by atoms with Gasteiger partial charge in [-0.05, 0) is 49.2 Å². The van der Waals surface area contributed by atoms with Crippen molar-refractivity contribution in [2.24, 2.45) is 5.92 Å². The molecule has 2 amide bonds. The summed E-state index contributed by atoms with van der Waals surface area (Å²) < 4.78 is 5.78. The molecule has 1 atom stereocenters. The van der Waals surface area contributed by atoms with Crippen molar-refractivity contribution in [3.05, 3.63) is 48.5 Å². The first kappa shape index (κ1) is 18.2. The predicted molar refractivity (Wildman–Crippen MR) is 108 cm³/mol. The zero-order chi connectivity index (χ0) is 19.7. The van der Waals surface area contributed by atoms with Gasteiger partial charge in [-0.2, -0.15) is 0 Å². The van der Waals surface area contributed by atoms with E-state index in [2.05, 4.69) is 10.3 Å². The molecule has 1 saturated heterocycles. The van der Waals surface area contributed by atoms with Gasteiger partial charge in [-0.1, -0.05) is 26.0 Å². The summed E-state index contributed by atoms with van der Waals surface area (Å²) in [6, 6.07) is 14.6. The van der Waals surface area contributed by atoms with Crippen LogP contribution in [0.3, 0.4) is 0 Å². The van der Waals surface area contributed by atoms with Crippen molar-refractivity contribution in [2.75, 3.05) is 11.9 Å². The Morgan fingerprint density at radius 2 is 1.89 bits per heavy atom. The second kappa shape index (κ2) is 7.46. The maximum atomic E-state index is 12.7. The van der Waals surface area contributed by atoms with E-state index < -0.39 is 6.04 Å².